The van der Waals surface area contributed by atoms with E-state index in [0.29, 0.717) is 0 Å². The average molecular weight is 279 g/mol. The maximum atomic E-state index is 12.4. The van der Waals surface area contributed by atoms with E-state index in [4.69, 9.17) is 0 Å². The molecule has 2 aromatic carbocycles. The monoisotopic (exact) mass is 279 g/mol. The molecule has 3 heteroatoms. The molecule has 1 N–H and O–H groups in total. The molecule has 3 nitrogen and oxygen atoms in total. The SMILES string of the molecule is CC(=O)NC(C(=O)C=Cc1ccccc1)c1ccccc1. The number of rotatable bonds is 5. The van der Waals surface area contributed by atoms with Crippen molar-refractivity contribution in [2.75, 3.05) is 0 Å². The van der Waals surface area contributed by atoms with E-state index in [1.807, 2.05) is 60.7 Å². The highest BCUT2D eigenvalue weighted by atomic mass is 16.2. The summed E-state index contributed by atoms with van der Waals surface area (Å²) in [6, 6.07) is 18.1. The van der Waals surface area contributed by atoms with E-state index in [2.05, 4.69) is 5.32 Å². The van der Waals surface area contributed by atoms with E-state index in [1.165, 1.54) is 13.0 Å². The Bertz CT molecular complexity index is 633. The Labute approximate surface area is 124 Å². The standard InChI is InChI=1S/C18H17NO2/c1-14(20)19-18(16-10-6-3-7-11-16)17(21)13-12-15-8-4-2-5-9-15/h2-13,18H,1H3,(H,19,20). The number of hydrogen-bond acceptors (Lipinski definition) is 2. The van der Waals surface area contributed by atoms with Crippen molar-refractivity contribution in [1.29, 1.82) is 0 Å². The van der Waals surface area contributed by atoms with Gasteiger partial charge in [0, 0.05) is 6.92 Å². The molecular weight excluding hydrogens is 262 g/mol. The zero-order valence-corrected chi connectivity index (χ0v) is 11.8. The maximum Gasteiger partial charge on any atom is 0.217 e. The molecule has 0 bridgehead atoms. The van der Waals surface area contributed by atoms with E-state index < -0.39 is 6.04 Å². The first-order valence-corrected chi connectivity index (χ1v) is 6.76. The second-order valence-corrected chi connectivity index (χ2v) is 4.69. The van der Waals surface area contributed by atoms with Crippen LogP contribution in [-0.4, -0.2) is 11.7 Å². The number of carbonyl (C=O) groups excluding carboxylic acids is 2. The molecule has 0 aliphatic heterocycles. The molecule has 21 heavy (non-hydrogen) atoms. The van der Waals surface area contributed by atoms with Gasteiger partial charge in [0.1, 0.15) is 6.04 Å². The second-order valence-electron chi connectivity index (χ2n) is 4.69. The summed E-state index contributed by atoms with van der Waals surface area (Å²) >= 11 is 0. The minimum absolute atomic E-state index is 0.153. The third-order valence-electron chi connectivity index (χ3n) is 3.00. The van der Waals surface area contributed by atoms with Crippen LogP contribution in [0.3, 0.4) is 0 Å². The smallest absolute Gasteiger partial charge is 0.217 e. The van der Waals surface area contributed by atoms with Gasteiger partial charge in [0.25, 0.3) is 0 Å². The number of carbonyl (C=O) groups is 2. The van der Waals surface area contributed by atoms with Crippen LogP contribution in [0.4, 0.5) is 0 Å². The van der Waals surface area contributed by atoms with E-state index in [0.717, 1.165) is 11.1 Å². The van der Waals surface area contributed by atoms with E-state index in [9.17, 15) is 9.59 Å². The molecule has 2 aromatic rings. The number of benzene rings is 2. The van der Waals surface area contributed by atoms with Crippen LogP contribution in [0.25, 0.3) is 6.08 Å². The Morgan fingerprint density at radius 2 is 1.52 bits per heavy atom. The highest BCUT2D eigenvalue weighted by Gasteiger charge is 2.18. The van der Waals surface area contributed by atoms with Gasteiger partial charge in [0.15, 0.2) is 5.78 Å². The number of ketones is 1. The molecule has 0 aliphatic rings. The molecule has 0 saturated heterocycles. The quantitative estimate of drug-likeness (QED) is 0.855. The maximum absolute atomic E-state index is 12.4. The van der Waals surface area contributed by atoms with Crippen LogP contribution in [0.15, 0.2) is 66.7 Å². The van der Waals surface area contributed by atoms with Crippen molar-refractivity contribution in [3.05, 3.63) is 77.9 Å². The van der Waals surface area contributed by atoms with Crippen LogP contribution in [0.1, 0.15) is 24.1 Å². The van der Waals surface area contributed by atoms with Crippen LogP contribution >= 0.6 is 0 Å². The lowest BCUT2D eigenvalue weighted by molar-refractivity contribution is -0.124. The number of amides is 1. The molecule has 1 atom stereocenters. The Balaban J connectivity index is 2.19. The summed E-state index contributed by atoms with van der Waals surface area (Å²) in [4.78, 5) is 23.7. The van der Waals surface area contributed by atoms with Gasteiger partial charge in [0.05, 0.1) is 0 Å². The zero-order chi connectivity index (χ0) is 15.1. The van der Waals surface area contributed by atoms with Gasteiger partial charge in [-0.05, 0) is 17.2 Å². The summed E-state index contributed by atoms with van der Waals surface area (Å²) in [5.74, 6) is -0.384. The van der Waals surface area contributed by atoms with Crippen LogP contribution < -0.4 is 5.32 Å². The first kappa shape index (κ1) is 14.7. The van der Waals surface area contributed by atoms with Crippen molar-refractivity contribution < 1.29 is 9.59 Å². The summed E-state index contributed by atoms with van der Waals surface area (Å²) in [6.07, 6.45) is 3.25. The largest absolute Gasteiger partial charge is 0.342 e. The van der Waals surface area contributed by atoms with E-state index in [1.54, 1.807) is 6.08 Å². The van der Waals surface area contributed by atoms with Crippen molar-refractivity contribution in [3.8, 4) is 0 Å². The lowest BCUT2D eigenvalue weighted by Crippen LogP contribution is -2.31. The molecule has 0 aromatic heterocycles. The van der Waals surface area contributed by atoms with Crippen LogP contribution in [0.2, 0.25) is 0 Å². The van der Waals surface area contributed by atoms with E-state index >= 15 is 0 Å². The van der Waals surface area contributed by atoms with Gasteiger partial charge >= 0.3 is 0 Å². The van der Waals surface area contributed by atoms with Crippen LogP contribution in [-0.2, 0) is 9.59 Å². The molecule has 0 aliphatic carbocycles. The predicted molar refractivity (Wildman–Crippen MR) is 83.5 cm³/mol. The second kappa shape index (κ2) is 7.20. The van der Waals surface area contributed by atoms with Gasteiger partial charge in [0.2, 0.25) is 5.91 Å². The third-order valence-corrected chi connectivity index (χ3v) is 3.00. The fourth-order valence-electron chi connectivity index (χ4n) is 2.01. The van der Waals surface area contributed by atoms with Gasteiger partial charge in [-0.15, -0.1) is 0 Å². The van der Waals surface area contributed by atoms with Gasteiger partial charge < -0.3 is 5.32 Å². The fraction of sp³-hybridized carbons (Fsp3) is 0.111. The highest BCUT2D eigenvalue weighted by Crippen LogP contribution is 2.15. The summed E-state index contributed by atoms with van der Waals surface area (Å²) in [7, 11) is 0. The minimum Gasteiger partial charge on any atom is -0.342 e. The Hall–Kier alpha value is -2.68. The van der Waals surface area contributed by atoms with Crippen molar-refractivity contribution in [3.63, 3.8) is 0 Å². The third kappa shape index (κ3) is 4.42. The van der Waals surface area contributed by atoms with Crippen LogP contribution in [0.5, 0.6) is 0 Å². The Morgan fingerprint density at radius 3 is 2.10 bits per heavy atom. The van der Waals surface area contributed by atoms with Crippen molar-refractivity contribution in [2.24, 2.45) is 0 Å². The number of nitrogens with one attached hydrogen (secondary N) is 1. The Kier molecular flexibility index (Phi) is 5.04. The van der Waals surface area contributed by atoms with Crippen molar-refractivity contribution >= 4 is 17.8 Å². The topological polar surface area (TPSA) is 46.2 Å². The first-order chi connectivity index (χ1) is 10.2. The molecule has 106 valence electrons. The van der Waals surface area contributed by atoms with Gasteiger partial charge in [-0.25, -0.2) is 0 Å². The molecular formula is C18H17NO2. The summed E-state index contributed by atoms with van der Waals surface area (Å²) in [5.41, 5.74) is 1.72. The average Bonchev–Trinajstić information content (AvgIpc) is 2.52. The summed E-state index contributed by atoms with van der Waals surface area (Å²) in [6.45, 7) is 1.41. The van der Waals surface area contributed by atoms with E-state index in [-0.39, 0.29) is 11.7 Å². The predicted octanol–water partition coefficient (Wildman–Crippen LogP) is 3.15. The van der Waals surface area contributed by atoms with Crippen LogP contribution in [0, 0.1) is 0 Å². The Morgan fingerprint density at radius 1 is 0.952 bits per heavy atom. The lowest BCUT2D eigenvalue weighted by atomic mass is 10.0. The molecule has 1 amide bonds. The molecule has 2 rings (SSSR count). The van der Waals surface area contributed by atoms with Gasteiger partial charge in [-0.1, -0.05) is 66.7 Å². The molecule has 0 heterocycles. The summed E-state index contributed by atoms with van der Waals surface area (Å²) < 4.78 is 0. The van der Waals surface area contributed by atoms with Crippen molar-refractivity contribution in [2.45, 2.75) is 13.0 Å². The highest BCUT2D eigenvalue weighted by molar-refractivity contribution is 6.00. The minimum atomic E-state index is -0.649. The van der Waals surface area contributed by atoms with Crippen molar-refractivity contribution in [1.82, 2.24) is 5.32 Å². The molecule has 0 saturated carbocycles. The molecule has 1 unspecified atom stereocenters. The van der Waals surface area contributed by atoms with Gasteiger partial charge in [-0.2, -0.15) is 0 Å². The zero-order valence-electron chi connectivity index (χ0n) is 11.8. The lowest BCUT2D eigenvalue weighted by Gasteiger charge is -2.15. The number of hydrogen-bond donors (Lipinski definition) is 1. The first-order valence-electron chi connectivity index (χ1n) is 6.76. The van der Waals surface area contributed by atoms with Gasteiger partial charge in [-0.3, -0.25) is 9.59 Å². The summed E-state index contributed by atoms with van der Waals surface area (Å²) in [5, 5.41) is 2.69. The molecule has 0 radical (unpaired) electrons. The fourth-order valence-corrected chi connectivity index (χ4v) is 2.01. The molecule has 0 spiro atoms. The normalized spacial score (nSPS) is 12.0. The molecule has 0 fully saturated rings.